The lowest BCUT2D eigenvalue weighted by Gasteiger charge is -2.59. The topological polar surface area (TPSA) is 63.5 Å². The number of ether oxygens (including phenoxy) is 1. The van der Waals surface area contributed by atoms with Gasteiger partial charge >= 0.3 is 0 Å². The summed E-state index contributed by atoms with van der Waals surface area (Å²) in [5.74, 6) is 1.99. The van der Waals surface area contributed by atoms with Crippen LogP contribution in [0.2, 0.25) is 0 Å². The second-order valence-electron chi connectivity index (χ2n) is 7.69. The zero-order valence-electron chi connectivity index (χ0n) is 17.1. The zero-order chi connectivity index (χ0) is 18.5. The predicted molar refractivity (Wildman–Crippen MR) is 118 cm³/mol. The van der Waals surface area contributed by atoms with Crippen LogP contribution in [-0.4, -0.2) is 47.4 Å². The van der Waals surface area contributed by atoms with Crippen LogP contribution in [0, 0.1) is 12.3 Å². The quantitative estimate of drug-likeness (QED) is 0.261. The average molecular weight is 477 g/mol. The van der Waals surface area contributed by atoms with Gasteiger partial charge in [0, 0.05) is 50.6 Å². The maximum Gasteiger partial charge on any atom is 0.191 e. The van der Waals surface area contributed by atoms with E-state index in [1.165, 1.54) is 0 Å². The second kappa shape index (κ2) is 9.92. The van der Waals surface area contributed by atoms with Crippen molar-refractivity contribution in [1.29, 1.82) is 0 Å². The Bertz CT molecular complexity index is 586. The summed E-state index contributed by atoms with van der Waals surface area (Å²) in [4.78, 5) is 9.00. The fraction of sp³-hybridized carbons (Fsp3) is 0.789. The highest BCUT2D eigenvalue weighted by Gasteiger charge is 2.58. The van der Waals surface area contributed by atoms with E-state index < -0.39 is 0 Å². The third kappa shape index (κ3) is 5.12. The maximum atomic E-state index is 5.71. The van der Waals surface area contributed by atoms with E-state index in [1.807, 2.05) is 19.3 Å². The first-order valence-electron chi connectivity index (χ1n) is 9.42. The molecule has 0 aliphatic heterocycles. The van der Waals surface area contributed by atoms with Crippen LogP contribution in [0.1, 0.15) is 52.8 Å². The Morgan fingerprint density at radius 1 is 1.38 bits per heavy atom. The molecule has 0 amide bonds. The van der Waals surface area contributed by atoms with Gasteiger partial charge < -0.3 is 19.9 Å². The lowest BCUT2D eigenvalue weighted by molar-refractivity contribution is -0.176. The largest absolute Gasteiger partial charge is 0.378 e. The number of nitrogens with zero attached hydrogens (tertiary/aromatic N) is 3. The van der Waals surface area contributed by atoms with Gasteiger partial charge in [-0.05, 0) is 40.0 Å². The maximum absolute atomic E-state index is 5.71. The molecule has 1 aromatic rings. The number of methoxy groups -OCH3 is 1. The van der Waals surface area contributed by atoms with Crippen LogP contribution in [-0.2, 0) is 11.3 Å². The van der Waals surface area contributed by atoms with Gasteiger partial charge in [-0.2, -0.15) is 0 Å². The van der Waals surface area contributed by atoms with Crippen LogP contribution in [0.5, 0.6) is 0 Å². The third-order valence-corrected chi connectivity index (χ3v) is 5.93. The minimum Gasteiger partial charge on any atom is -0.378 e. The lowest BCUT2D eigenvalue weighted by atomic mass is 9.56. The third-order valence-electron chi connectivity index (χ3n) is 5.93. The summed E-state index contributed by atoms with van der Waals surface area (Å²) < 4.78 is 7.90. The molecule has 150 valence electrons. The molecular formula is C19H36IN5O. The number of imidazole rings is 1. The number of aliphatic imine (C=N–C) groups is 1. The van der Waals surface area contributed by atoms with Gasteiger partial charge in [-0.25, -0.2) is 4.98 Å². The molecule has 6 nitrogen and oxygen atoms in total. The highest BCUT2D eigenvalue weighted by Crippen LogP contribution is 2.51. The number of halogens is 1. The van der Waals surface area contributed by atoms with E-state index in [0.717, 1.165) is 50.7 Å². The summed E-state index contributed by atoms with van der Waals surface area (Å²) in [7, 11) is 1.80. The van der Waals surface area contributed by atoms with E-state index in [1.54, 1.807) is 7.11 Å². The molecule has 2 unspecified atom stereocenters. The van der Waals surface area contributed by atoms with Crippen molar-refractivity contribution < 1.29 is 4.74 Å². The molecule has 1 heterocycles. The van der Waals surface area contributed by atoms with Crippen molar-refractivity contribution in [2.75, 3.05) is 20.2 Å². The average Bonchev–Trinajstić information content (AvgIpc) is 2.98. The van der Waals surface area contributed by atoms with Gasteiger partial charge in [0.2, 0.25) is 0 Å². The highest BCUT2D eigenvalue weighted by atomic mass is 127. The van der Waals surface area contributed by atoms with Gasteiger partial charge in [-0.15, -0.1) is 24.0 Å². The van der Waals surface area contributed by atoms with Crippen LogP contribution in [0.15, 0.2) is 17.4 Å². The molecule has 1 aliphatic carbocycles. The Hall–Kier alpha value is -0.830. The minimum atomic E-state index is -0.0648. The Morgan fingerprint density at radius 2 is 2.12 bits per heavy atom. The molecule has 1 saturated carbocycles. The molecule has 0 saturated heterocycles. The first-order chi connectivity index (χ1) is 11.8. The number of guanidine groups is 1. The molecule has 0 bridgehead atoms. The molecule has 1 fully saturated rings. The molecule has 0 radical (unpaired) electrons. The fourth-order valence-corrected chi connectivity index (χ4v) is 3.43. The lowest BCUT2D eigenvalue weighted by Crippen LogP contribution is -2.69. The SMILES string of the molecule is CCNC(=NCCCCn1ccnc1C)NC1CC(C)(OC)C1(C)C.I. The normalized spacial score (nSPS) is 24.5. The van der Waals surface area contributed by atoms with Gasteiger partial charge in [0.25, 0.3) is 0 Å². The van der Waals surface area contributed by atoms with E-state index in [-0.39, 0.29) is 35.0 Å². The van der Waals surface area contributed by atoms with Gasteiger partial charge in [-0.3, -0.25) is 4.99 Å². The number of rotatable bonds is 8. The molecule has 2 N–H and O–H groups in total. The highest BCUT2D eigenvalue weighted by molar-refractivity contribution is 14.0. The predicted octanol–water partition coefficient (Wildman–Crippen LogP) is 3.35. The zero-order valence-corrected chi connectivity index (χ0v) is 19.5. The van der Waals surface area contributed by atoms with E-state index in [9.17, 15) is 0 Å². The number of unbranched alkanes of at least 4 members (excludes halogenated alkanes) is 1. The summed E-state index contributed by atoms with van der Waals surface area (Å²) in [5.41, 5.74) is 0.0154. The van der Waals surface area contributed by atoms with Gasteiger partial charge in [-0.1, -0.05) is 13.8 Å². The first kappa shape index (κ1) is 23.2. The summed E-state index contributed by atoms with van der Waals surface area (Å²) in [6, 6.07) is 0.379. The molecular weight excluding hydrogens is 441 g/mol. The standard InChI is InChI=1S/C19H35N5O.HI/c1-7-20-17(23-16-14-19(5,25-6)18(16,3)4)22-10-8-9-12-24-13-11-21-15(24)2;/h11,13,16H,7-10,12,14H2,1-6H3,(H2,20,22,23);1H. The molecule has 2 rings (SSSR count). The van der Waals surface area contributed by atoms with E-state index >= 15 is 0 Å². The molecule has 1 aliphatic rings. The van der Waals surface area contributed by atoms with E-state index in [0.29, 0.717) is 6.04 Å². The Labute approximate surface area is 175 Å². The Morgan fingerprint density at radius 3 is 2.65 bits per heavy atom. The van der Waals surface area contributed by atoms with Gasteiger partial charge in [0.1, 0.15) is 5.82 Å². The number of hydrogen-bond acceptors (Lipinski definition) is 3. The van der Waals surface area contributed by atoms with Crippen LogP contribution in [0.4, 0.5) is 0 Å². The van der Waals surface area contributed by atoms with Crippen LogP contribution >= 0.6 is 24.0 Å². The molecule has 26 heavy (non-hydrogen) atoms. The Balaban J connectivity index is 0.00000338. The van der Waals surface area contributed by atoms with Crippen LogP contribution in [0.25, 0.3) is 0 Å². The van der Waals surface area contributed by atoms with Crippen molar-refractivity contribution in [3.05, 3.63) is 18.2 Å². The summed E-state index contributed by atoms with van der Waals surface area (Å²) in [6.07, 6.45) is 7.07. The van der Waals surface area contributed by atoms with Crippen molar-refractivity contribution >= 4 is 29.9 Å². The molecule has 7 heteroatoms. The van der Waals surface area contributed by atoms with Gasteiger partial charge in [0.05, 0.1) is 5.60 Å². The van der Waals surface area contributed by atoms with E-state index in [4.69, 9.17) is 9.73 Å². The number of nitrogens with one attached hydrogen (secondary N) is 2. The molecule has 2 atom stereocenters. The number of aryl methyl sites for hydroxylation is 2. The first-order valence-corrected chi connectivity index (χ1v) is 9.42. The smallest absolute Gasteiger partial charge is 0.191 e. The van der Waals surface area contributed by atoms with Gasteiger partial charge in [0.15, 0.2) is 5.96 Å². The van der Waals surface area contributed by atoms with Crippen molar-refractivity contribution in [1.82, 2.24) is 20.2 Å². The van der Waals surface area contributed by atoms with Crippen LogP contribution in [0.3, 0.4) is 0 Å². The van der Waals surface area contributed by atoms with E-state index in [2.05, 4.69) is 47.9 Å². The molecule has 1 aromatic heterocycles. The number of aromatic nitrogens is 2. The van der Waals surface area contributed by atoms with Crippen molar-refractivity contribution in [2.45, 2.75) is 72.1 Å². The molecule has 0 spiro atoms. The second-order valence-corrected chi connectivity index (χ2v) is 7.69. The van der Waals surface area contributed by atoms with Crippen molar-refractivity contribution in [2.24, 2.45) is 10.4 Å². The summed E-state index contributed by atoms with van der Waals surface area (Å²) in [6.45, 7) is 13.6. The number of hydrogen-bond donors (Lipinski definition) is 2. The minimum absolute atomic E-state index is 0. The summed E-state index contributed by atoms with van der Waals surface area (Å²) in [5, 5.41) is 6.95. The monoisotopic (exact) mass is 477 g/mol. The fourth-order valence-electron chi connectivity index (χ4n) is 3.43. The Kier molecular flexibility index (Phi) is 8.85. The van der Waals surface area contributed by atoms with Crippen LogP contribution < -0.4 is 10.6 Å². The molecule has 0 aromatic carbocycles. The van der Waals surface area contributed by atoms with Crippen molar-refractivity contribution in [3.63, 3.8) is 0 Å². The van der Waals surface area contributed by atoms with Crippen molar-refractivity contribution in [3.8, 4) is 0 Å². The summed E-state index contributed by atoms with van der Waals surface area (Å²) >= 11 is 0.